The molecule has 5 heteroatoms. The van der Waals surface area contributed by atoms with Gasteiger partial charge in [0.1, 0.15) is 0 Å². The lowest BCUT2D eigenvalue weighted by molar-refractivity contribution is -0.145. The molecular weight excluding hydrogens is 394 g/mol. The summed E-state index contributed by atoms with van der Waals surface area (Å²) in [6, 6.07) is 19.9. The Labute approximate surface area is 179 Å². The highest BCUT2D eigenvalue weighted by Gasteiger charge is 2.44. The van der Waals surface area contributed by atoms with E-state index in [1.54, 1.807) is 11.3 Å². The Bertz CT molecular complexity index is 1110. The predicted molar refractivity (Wildman–Crippen MR) is 118 cm³/mol. The van der Waals surface area contributed by atoms with Crippen molar-refractivity contribution in [2.45, 2.75) is 31.1 Å². The molecule has 1 N–H and O–H groups in total. The first-order valence-corrected chi connectivity index (χ1v) is 11.2. The van der Waals surface area contributed by atoms with Crippen molar-refractivity contribution in [1.29, 1.82) is 0 Å². The molecule has 1 aliphatic carbocycles. The number of aliphatic carboxylic acids is 1. The van der Waals surface area contributed by atoms with Gasteiger partial charge >= 0.3 is 5.97 Å². The molecule has 0 bridgehead atoms. The summed E-state index contributed by atoms with van der Waals surface area (Å²) in [6.07, 6.45) is 2.85. The maximum Gasteiger partial charge on any atom is 0.314 e. The number of carboxylic acids is 1. The van der Waals surface area contributed by atoms with Crippen molar-refractivity contribution < 1.29 is 14.7 Å². The SMILES string of the molecule is O=C(c1cc2c(s1)-c1ccccc1CC2)N1CCC(C(=O)O)(c2ccccc2)CC1. The van der Waals surface area contributed by atoms with Gasteiger partial charge in [0.15, 0.2) is 0 Å². The van der Waals surface area contributed by atoms with Crippen LogP contribution in [-0.2, 0) is 23.1 Å². The lowest BCUT2D eigenvalue weighted by Crippen LogP contribution is -2.49. The van der Waals surface area contributed by atoms with Gasteiger partial charge in [-0.1, -0.05) is 54.6 Å². The van der Waals surface area contributed by atoms with Gasteiger partial charge in [-0.3, -0.25) is 9.59 Å². The van der Waals surface area contributed by atoms with Crippen LogP contribution < -0.4 is 0 Å². The maximum absolute atomic E-state index is 13.2. The lowest BCUT2D eigenvalue weighted by atomic mass is 9.73. The van der Waals surface area contributed by atoms with Crippen molar-refractivity contribution >= 4 is 23.2 Å². The molecule has 1 amide bonds. The number of aryl methyl sites for hydroxylation is 2. The molecule has 1 aromatic heterocycles. The largest absolute Gasteiger partial charge is 0.481 e. The van der Waals surface area contributed by atoms with Crippen LogP contribution in [-0.4, -0.2) is 35.0 Å². The summed E-state index contributed by atoms with van der Waals surface area (Å²) in [5.74, 6) is -0.775. The molecule has 2 heterocycles. The summed E-state index contributed by atoms with van der Waals surface area (Å²) in [5, 5.41) is 9.99. The Morgan fingerprint density at radius 1 is 0.900 bits per heavy atom. The minimum Gasteiger partial charge on any atom is -0.481 e. The number of amides is 1. The Balaban J connectivity index is 1.37. The van der Waals surface area contributed by atoms with Gasteiger partial charge in [-0.05, 0) is 54.0 Å². The van der Waals surface area contributed by atoms with Crippen molar-refractivity contribution in [3.63, 3.8) is 0 Å². The summed E-state index contributed by atoms with van der Waals surface area (Å²) in [7, 11) is 0. The van der Waals surface area contributed by atoms with Gasteiger partial charge in [0.2, 0.25) is 0 Å². The predicted octanol–water partition coefficient (Wildman–Crippen LogP) is 4.77. The normalized spacial score (nSPS) is 17.1. The van der Waals surface area contributed by atoms with E-state index < -0.39 is 11.4 Å². The second kappa shape index (κ2) is 7.40. The van der Waals surface area contributed by atoms with E-state index in [2.05, 4.69) is 30.3 Å². The number of piperidine rings is 1. The lowest BCUT2D eigenvalue weighted by Gasteiger charge is -2.39. The van der Waals surface area contributed by atoms with Crippen molar-refractivity contribution in [3.8, 4) is 10.4 Å². The van der Waals surface area contributed by atoms with Crippen LogP contribution in [0.4, 0.5) is 0 Å². The van der Waals surface area contributed by atoms with Crippen LogP contribution in [0.15, 0.2) is 60.7 Å². The molecule has 0 unspecified atom stereocenters. The van der Waals surface area contributed by atoms with E-state index in [4.69, 9.17) is 0 Å². The molecule has 152 valence electrons. The van der Waals surface area contributed by atoms with Crippen molar-refractivity contribution in [1.82, 2.24) is 4.90 Å². The van der Waals surface area contributed by atoms with Gasteiger partial charge in [0.05, 0.1) is 10.3 Å². The summed E-state index contributed by atoms with van der Waals surface area (Å²) in [5.41, 5.74) is 3.76. The third-order valence-corrected chi connectivity index (χ3v) is 7.78. The number of nitrogens with zero attached hydrogens (tertiary/aromatic N) is 1. The molecule has 4 nitrogen and oxygen atoms in total. The molecular formula is C25H23NO3S. The Morgan fingerprint density at radius 2 is 1.57 bits per heavy atom. The van der Waals surface area contributed by atoms with Crippen molar-refractivity contribution in [2.24, 2.45) is 0 Å². The van der Waals surface area contributed by atoms with Crippen molar-refractivity contribution in [3.05, 3.63) is 82.2 Å². The van der Waals surface area contributed by atoms with Crippen LogP contribution in [0.1, 0.15) is 39.2 Å². The molecule has 3 aromatic rings. The van der Waals surface area contributed by atoms with E-state index in [1.165, 1.54) is 21.6 Å². The Morgan fingerprint density at radius 3 is 2.30 bits per heavy atom. The Hall–Kier alpha value is -2.92. The fourth-order valence-electron chi connectivity index (χ4n) is 4.81. The van der Waals surface area contributed by atoms with E-state index in [1.807, 2.05) is 35.2 Å². The molecule has 5 rings (SSSR count). The van der Waals surface area contributed by atoms with Gasteiger partial charge < -0.3 is 10.0 Å². The maximum atomic E-state index is 13.2. The van der Waals surface area contributed by atoms with Crippen LogP contribution in [0, 0.1) is 0 Å². The highest BCUT2D eigenvalue weighted by molar-refractivity contribution is 7.17. The molecule has 30 heavy (non-hydrogen) atoms. The van der Waals surface area contributed by atoms with Gasteiger partial charge in [-0.15, -0.1) is 11.3 Å². The summed E-state index contributed by atoms with van der Waals surface area (Å²) < 4.78 is 0. The zero-order valence-electron chi connectivity index (χ0n) is 16.6. The van der Waals surface area contributed by atoms with Crippen LogP contribution >= 0.6 is 11.3 Å². The van der Waals surface area contributed by atoms with Crippen LogP contribution in [0.2, 0.25) is 0 Å². The molecule has 1 fully saturated rings. The van der Waals surface area contributed by atoms with Gasteiger partial charge in [0, 0.05) is 18.0 Å². The number of hydrogen-bond donors (Lipinski definition) is 1. The monoisotopic (exact) mass is 417 g/mol. The molecule has 0 atom stereocenters. The number of carbonyl (C=O) groups is 2. The van der Waals surface area contributed by atoms with E-state index in [-0.39, 0.29) is 5.91 Å². The molecule has 2 aromatic carbocycles. The number of carboxylic acid groups (broad SMARTS) is 1. The van der Waals surface area contributed by atoms with Gasteiger partial charge in [-0.2, -0.15) is 0 Å². The number of benzene rings is 2. The topological polar surface area (TPSA) is 57.6 Å². The zero-order chi connectivity index (χ0) is 20.7. The molecule has 1 saturated heterocycles. The number of thiophene rings is 1. The minimum atomic E-state index is -0.911. The molecule has 0 radical (unpaired) electrons. The fraction of sp³-hybridized carbons (Fsp3) is 0.280. The van der Waals surface area contributed by atoms with E-state index >= 15 is 0 Å². The summed E-state index contributed by atoms with van der Waals surface area (Å²) in [4.78, 5) is 29.2. The summed E-state index contributed by atoms with van der Waals surface area (Å²) >= 11 is 1.57. The van der Waals surface area contributed by atoms with Gasteiger partial charge in [-0.25, -0.2) is 0 Å². The highest BCUT2D eigenvalue weighted by Crippen LogP contribution is 2.41. The van der Waals surface area contributed by atoms with Crippen LogP contribution in [0.5, 0.6) is 0 Å². The fourth-order valence-corrected chi connectivity index (χ4v) is 6.05. The number of rotatable bonds is 3. The average molecular weight is 418 g/mol. The van der Waals surface area contributed by atoms with Crippen LogP contribution in [0.3, 0.4) is 0 Å². The molecule has 1 aliphatic heterocycles. The number of likely N-dealkylation sites (tertiary alicyclic amines) is 1. The van der Waals surface area contributed by atoms with Crippen LogP contribution in [0.25, 0.3) is 10.4 Å². The molecule has 2 aliphatic rings. The quantitative estimate of drug-likeness (QED) is 0.668. The van der Waals surface area contributed by atoms with E-state index in [0.717, 1.165) is 23.3 Å². The second-order valence-electron chi connectivity index (χ2n) is 8.17. The first kappa shape index (κ1) is 19.1. The zero-order valence-corrected chi connectivity index (χ0v) is 17.5. The highest BCUT2D eigenvalue weighted by atomic mass is 32.1. The second-order valence-corrected chi connectivity index (χ2v) is 9.22. The smallest absolute Gasteiger partial charge is 0.314 e. The third-order valence-electron chi connectivity index (χ3n) is 6.59. The number of carbonyl (C=O) groups excluding carboxylic acids is 1. The standard InChI is InChI=1S/C25H23NO3S/c27-23(21-16-18-11-10-17-6-4-5-9-20(17)22(18)30-21)26-14-12-25(13-15-26,24(28)29)19-7-2-1-3-8-19/h1-9,16H,10-15H2,(H,28,29). The molecule has 0 spiro atoms. The first-order chi connectivity index (χ1) is 14.6. The first-order valence-electron chi connectivity index (χ1n) is 10.4. The number of fused-ring (bicyclic) bond motifs is 3. The van der Waals surface area contributed by atoms with Gasteiger partial charge in [0.25, 0.3) is 5.91 Å². The van der Waals surface area contributed by atoms with E-state index in [0.29, 0.717) is 25.9 Å². The van der Waals surface area contributed by atoms with E-state index in [9.17, 15) is 14.7 Å². The Kier molecular flexibility index (Phi) is 4.70. The van der Waals surface area contributed by atoms with Crippen molar-refractivity contribution in [2.75, 3.05) is 13.1 Å². The minimum absolute atomic E-state index is 0.0268. The average Bonchev–Trinajstić information content (AvgIpc) is 3.24. The third kappa shape index (κ3) is 3.05. The number of hydrogen-bond acceptors (Lipinski definition) is 3. The summed E-state index contributed by atoms with van der Waals surface area (Å²) in [6.45, 7) is 0.915. The molecule has 0 saturated carbocycles.